The van der Waals surface area contributed by atoms with E-state index in [1.807, 2.05) is 55.8 Å². The summed E-state index contributed by atoms with van der Waals surface area (Å²) in [6, 6.07) is 12.1. The Kier molecular flexibility index (Phi) is 7.53. The number of fused-ring (bicyclic) bond motifs is 1. The van der Waals surface area contributed by atoms with Gasteiger partial charge in [-0.2, -0.15) is 0 Å². The summed E-state index contributed by atoms with van der Waals surface area (Å²) in [5.74, 6) is 7.48. The molecule has 2 aliphatic rings. The van der Waals surface area contributed by atoms with Gasteiger partial charge in [-0.3, -0.25) is 0 Å². The molecule has 0 radical (unpaired) electrons. The van der Waals surface area contributed by atoms with E-state index in [9.17, 15) is 0 Å². The van der Waals surface area contributed by atoms with Crippen LogP contribution in [0.15, 0.2) is 61.6 Å². The Morgan fingerprint density at radius 1 is 1.14 bits per heavy atom. The molecule has 1 spiro atoms. The SMILES string of the molecule is C=Cc1ccnc(N2CCC3(CC2)CNC3)c1.CNc1cc2cc(/C(N)=C/N(C)N)ccc2cn1. The van der Waals surface area contributed by atoms with Gasteiger partial charge in [-0.15, -0.1) is 0 Å². The number of anilines is 2. The molecule has 2 aliphatic heterocycles. The van der Waals surface area contributed by atoms with E-state index in [1.54, 1.807) is 13.2 Å². The van der Waals surface area contributed by atoms with Crippen LogP contribution in [0.2, 0.25) is 0 Å². The van der Waals surface area contributed by atoms with Crippen molar-refractivity contribution in [1.82, 2.24) is 20.3 Å². The minimum absolute atomic E-state index is 0.604. The average Bonchev–Trinajstić information content (AvgIpc) is 2.87. The predicted molar refractivity (Wildman–Crippen MR) is 146 cm³/mol. The Morgan fingerprint density at radius 2 is 1.91 bits per heavy atom. The lowest BCUT2D eigenvalue weighted by Gasteiger charge is -2.48. The number of rotatable bonds is 5. The van der Waals surface area contributed by atoms with E-state index >= 15 is 0 Å². The first kappa shape index (κ1) is 24.5. The van der Waals surface area contributed by atoms with Crippen LogP contribution in [0.1, 0.15) is 24.0 Å². The first-order valence-corrected chi connectivity index (χ1v) is 12.0. The maximum absolute atomic E-state index is 5.97. The molecule has 2 saturated heterocycles. The van der Waals surface area contributed by atoms with Gasteiger partial charge >= 0.3 is 0 Å². The first-order valence-electron chi connectivity index (χ1n) is 12.0. The monoisotopic (exact) mass is 472 g/mol. The van der Waals surface area contributed by atoms with Crippen LogP contribution < -0.4 is 27.1 Å². The number of nitrogens with two attached hydrogens (primary N) is 2. The minimum atomic E-state index is 0.604. The predicted octanol–water partition coefficient (Wildman–Crippen LogP) is 3.25. The summed E-state index contributed by atoms with van der Waals surface area (Å²) in [5.41, 5.74) is 9.29. The van der Waals surface area contributed by atoms with E-state index in [1.165, 1.54) is 30.9 Å². The molecule has 0 saturated carbocycles. The second-order valence-electron chi connectivity index (χ2n) is 9.37. The Bertz CT molecular complexity index is 1190. The Balaban J connectivity index is 0.000000165. The number of hydrazine groups is 1. The summed E-state index contributed by atoms with van der Waals surface area (Å²) in [6.07, 6.45) is 9.86. The average molecular weight is 473 g/mol. The van der Waals surface area contributed by atoms with E-state index in [4.69, 9.17) is 11.6 Å². The highest BCUT2D eigenvalue weighted by Crippen LogP contribution is 2.36. The fraction of sp³-hybridized carbons (Fsp3) is 0.333. The third-order valence-electron chi connectivity index (χ3n) is 6.81. The highest BCUT2D eigenvalue weighted by molar-refractivity contribution is 5.87. The van der Waals surface area contributed by atoms with Crippen LogP contribution in [-0.2, 0) is 0 Å². The van der Waals surface area contributed by atoms with E-state index in [0.29, 0.717) is 11.1 Å². The molecule has 1 aromatic carbocycles. The number of hydrogen-bond acceptors (Lipinski definition) is 8. The number of aromatic nitrogens is 2. The van der Waals surface area contributed by atoms with Crippen molar-refractivity contribution >= 4 is 34.2 Å². The van der Waals surface area contributed by atoms with Crippen LogP contribution in [-0.4, -0.2) is 55.3 Å². The Hall–Kier alpha value is -3.62. The smallest absolute Gasteiger partial charge is 0.129 e. The molecule has 8 nitrogen and oxygen atoms in total. The minimum Gasteiger partial charge on any atom is -0.397 e. The highest BCUT2D eigenvalue weighted by Gasteiger charge is 2.39. The fourth-order valence-corrected chi connectivity index (χ4v) is 4.53. The first-order chi connectivity index (χ1) is 16.9. The molecule has 2 aromatic heterocycles. The molecular formula is C27H36N8. The van der Waals surface area contributed by atoms with E-state index in [0.717, 1.165) is 46.6 Å². The molecule has 5 rings (SSSR count). The topological polar surface area (TPSA) is 108 Å². The summed E-state index contributed by atoms with van der Waals surface area (Å²) < 4.78 is 0. The molecule has 0 aliphatic carbocycles. The summed E-state index contributed by atoms with van der Waals surface area (Å²) in [7, 11) is 3.58. The molecule has 0 atom stereocenters. The molecule has 8 heteroatoms. The fourth-order valence-electron chi connectivity index (χ4n) is 4.53. The second-order valence-corrected chi connectivity index (χ2v) is 9.37. The lowest BCUT2D eigenvalue weighted by atomic mass is 9.73. The molecule has 184 valence electrons. The highest BCUT2D eigenvalue weighted by atomic mass is 15.4. The maximum atomic E-state index is 5.97. The van der Waals surface area contributed by atoms with E-state index < -0.39 is 0 Å². The van der Waals surface area contributed by atoms with Gasteiger partial charge in [0.05, 0.1) is 5.70 Å². The van der Waals surface area contributed by atoms with Crippen LogP contribution in [0, 0.1) is 5.41 Å². The number of nitrogens with zero attached hydrogens (tertiary/aromatic N) is 4. The summed E-state index contributed by atoms with van der Waals surface area (Å²) in [4.78, 5) is 11.1. The zero-order valence-electron chi connectivity index (χ0n) is 20.7. The molecule has 4 heterocycles. The maximum Gasteiger partial charge on any atom is 0.129 e. The third-order valence-corrected chi connectivity index (χ3v) is 6.81. The lowest BCUT2D eigenvalue weighted by molar-refractivity contribution is 0.126. The number of benzene rings is 1. The molecule has 0 bridgehead atoms. The van der Waals surface area contributed by atoms with Crippen LogP contribution in [0.3, 0.4) is 0 Å². The van der Waals surface area contributed by atoms with Gasteiger partial charge in [-0.25, -0.2) is 15.8 Å². The van der Waals surface area contributed by atoms with E-state index in [2.05, 4.69) is 38.1 Å². The third kappa shape index (κ3) is 5.90. The van der Waals surface area contributed by atoms with Gasteiger partial charge < -0.3 is 26.3 Å². The number of nitrogens with one attached hydrogen (secondary N) is 2. The van der Waals surface area contributed by atoms with Crippen LogP contribution in [0.25, 0.3) is 22.5 Å². The molecule has 3 aromatic rings. The van der Waals surface area contributed by atoms with E-state index in [-0.39, 0.29) is 0 Å². The van der Waals surface area contributed by atoms with Crippen molar-refractivity contribution in [1.29, 1.82) is 0 Å². The quantitative estimate of drug-likeness (QED) is 0.331. The van der Waals surface area contributed by atoms with Gasteiger partial charge in [-0.05, 0) is 59.0 Å². The van der Waals surface area contributed by atoms with Gasteiger partial charge in [0, 0.05) is 64.3 Å². The van der Waals surface area contributed by atoms with Gasteiger partial charge in [0.25, 0.3) is 0 Å². The molecule has 2 fully saturated rings. The zero-order chi connectivity index (χ0) is 24.8. The summed E-state index contributed by atoms with van der Waals surface area (Å²) >= 11 is 0. The van der Waals surface area contributed by atoms with Crippen LogP contribution in [0.4, 0.5) is 11.6 Å². The van der Waals surface area contributed by atoms with Gasteiger partial charge in [0.1, 0.15) is 11.6 Å². The number of hydrogen-bond donors (Lipinski definition) is 4. The largest absolute Gasteiger partial charge is 0.397 e. The van der Waals surface area contributed by atoms with Crippen molar-refractivity contribution in [3.05, 3.63) is 72.7 Å². The Morgan fingerprint density at radius 3 is 2.54 bits per heavy atom. The summed E-state index contributed by atoms with van der Waals surface area (Å²) in [5, 5.41) is 10.0. The van der Waals surface area contributed by atoms with Gasteiger partial charge in [0.15, 0.2) is 0 Å². The van der Waals surface area contributed by atoms with Crippen molar-refractivity contribution < 1.29 is 0 Å². The second kappa shape index (κ2) is 10.8. The van der Waals surface area contributed by atoms with Crippen molar-refractivity contribution in [2.75, 3.05) is 50.5 Å². The van der Waals surface area contributed by atoms with Gasteiger partial charge in [0.2, 0.25) is 0 Å². The van der Waals surface area contributed by atoms with Crippen molar-refractivity contribution in [3.8, 4) is 0 Å². The van der Waals surface area contributed by atoms with Crippen LogP contribution >= 0.6 is 0 Å². The normalized spacial score (nSPS) is 16.8. The molecule has 0 amide bonds. The van der Waals surface area contributed by atoms with Crippen molar-refractivity contribution in [3.63, 3.8) is 0 Å². The molecule has 0 unspecified atom stereocenters. The number of pyridine rings is 2. The molecule has 35 heavy (non-hydrogen) atoms. The molecular weight excluding hydrogens is 436 g/mol. The summed E-state index contributed by atoms with van der Waals surface area (Å²) in [6.45, 7) is 8.50. The lowest BCUT2D eigenvalue weighted by Crippen LogP contribution is -2.58. The van der Waals surface area contributed by atoms with Crippen LogP contribution in [0.5, 0.6) is 0 Å². The van der Waals surface area contributed by atoms with Crippen molar-refractivity contribution in [2.24, 2.45) is 17.0 Å². The van der Waals surface area contributed by atoms with Gasteiger partial charge in [-0.1, -0.05) is 24.8 Å². The van der Waals surface area contributed by atoms with Crippen molar-refractivity contribution in [2.45, 2.75) is 12.8 Å². The number of piperidine rings is 1. The Labute approximate surface area is 207 Å². The molecule has 6 N–H and O–H groups in total. The zero-order valence-corrected chi connectivity index (χ0v) is 20.7. The standard InChI is InChI=1S/C14H19N3.C13H17N5/c1-2-12-3-6-16-13(9-12)17-7-4-14(5-8-17)10-15-11-14;1-16-13-6-11-5-9(12(14)8-18(2)15)3-4-10(11)7-17-13/h2-3,6,9,15H,1,4-5,7-8,10-11H2;3-8H,14-15H2,1-2H3,(H,16,17)/b;12-8-.